The normalized spacial score (nSPS) is 19.3. The Morgan fingerprint density at radius 3 is 2.94 bits per heavy atom. The van der Waals surface area contributed by atoms with E-state index in [1.54, 1.807) is 12.1 Å². The molecule has 0 spiro atoms. The van der Waals surface area contributed by atoms with Crippen LogP contribution in [0.4, 0.5) is 11.4 Å². The van der Waals surface area contributed by atoms with Gasteiger partial charge in [0.1, 0.15) is 5.69 Å². The van der Waals surface area contributed by atoms with E-state index in [-0.39, 0.29) is 16.7 Å². The first kappa shape index (κ1) is 12.1. The Labute approximate surface area is 105 Å². The second-order valence-corrected chi connectivity index (χ2v) is 4.58. The molecule has 6 heteroatoms. The molecule has 0 aromatic heterocycles. The molecule has 0 bridgehead atoms. The van der Waals surface area contributed by atoms with Gasteiger partial charge in [0.25, 0.3) is 5.69 Å². The maximum atomic E-state index is 11.0. The zero-order valence-corrected chi connectivity index (χ0v) is 10.3. The maximum Gasteiger partial charge on any atom is 0.292 e. The highest BCUT2D eigenvalue weighted by Crippen LogP contribution is 2.32. The van der Waals surface area contributed by atoms with Crippen molar-refractivity contribution in [1.29, 1.82) is 0 Å². The van der Waals surface area contributed by atoms with Crippen molar-refractivity contribution in [3.05, 3.63) is 33.3 Å². The summed E-state index contributed by atoms with van der Waals surface area (Å²) in [6.07, 6.45) is 0.986. The van der Waals surface area contributed by atoms with Gasteiger partial charge < -0.3 is 10.2 Å². The van der Waals surface area contributed by atoms with Gasteiger partial charge in [-0.3, -0.25) is 10.1 Å². The van der Waals surface area contributed by atoms with Gasteiger partial charge in [-0.25, -0.2) is 0 Å². The number of benzene rings is 1. The van der Waals surface area contributed by atoms with Crippen LogP contribution in [0.15, 0.2) is 18.2 Å². The van der Waals surface area contributed by atoms with Crippen molar-refractivity contribution in [3.8, 4) is 0 Å². The van der Waals surface area contributed by atoms with E-state index in [1.807, 2.05) is 11.9 Å². The molecule has 1 aliphatic heterocycles. The van der Waals surface area contributed by atoms with Gasteiger partial charge in [0, 0.05) is 30.7 Å². The van der Waals surface area contributed by atoms with Crippen LogP contribution in [0.25, 0.3) is 0 Å². The van der Waals surface area contributed by atoms with E-state index in [9.17, 15) is 10.1 Å². The summed E-state index contributed by atoms with van der Waals surface area (Å²) in [7, 11) is 1.87. The number of nitrogens with zero attached hydrogens (tertiary/aromatic N) is 2. The summed E-state index contributed by atoms with van der Waals surface area (Å²) < 4.78 is 0. The SMILES string of the molecule is CN(c1cc(Cl)ccc1[N+](=O)[O-])C1CCNC1. The summed E-state index contributed by atoms with van der Waals surface area (Å²) in [4.78, 5) is 12.5. The Hall–Kier alpha value is -1.33. The summed E-state index contributed by atoms with van der Waals surface area (Å²) in [6.45, 7) is 1.80. The molecule has 0 aliphatic carbocycles. The number of nitro groups is 1. The standard InChI is InChI=1S/C11H14ClN3O2/c1-14(9-4-5-13-7-9)11-6-8(12)2-3-10(11)15(16)17/h2-3,6,9,13H,4-5,7H2,1H3. The second kappa shape index (κ2) is 4.89. The summed E-state index contributed by atoms with van der Waals surface area (Å²) in [5.41, 5.74) is 0.681. The van der Waals surface area contributed by atoms with Crippen molar-refractivity contribution in [2.24, 2.45) is 0 Å². The number of nitro benzene ring substituents is 1. The second-order valence-electron chi connectivity index (χ2n) is 4.15. The van der Waals surface area contributed by atoms with Crippen molar-refractivity contribution < 1.29 is 4.92 Å². The molecule has 0 saturated carbocycles. The van der Waals surface area contributed by atoms with Gasteiger partial charge in [0.2, 0.25) is 0 Å². The monoisotopic (exact) mass is 255 g/mol. The average molecular weight is 256 g/mol. The number of rotatable bonds is 3. The van der Waals surface area contributed by atoms with Crippen LogP contribution < -0.4 is 10.2 Å². The Morgan fingerprint density at radius 2 is 2.35 bits per heavy atom. The third-order valence-electron chi connectivity index (χ3n) is 3.10. The zero-order chi connectivity index (χ0) is 12.4. The highest BCUT2D eigenvalue weighted by Gasteiger charge is 2.25. The van der Waals surface area contributed by atoms with Gasteiger partial charge in [-0.1, -0.05) is 11.6 Å². The summed E-state index contributed by atoms with van der Waals surface area (Å²) in [5, 5.41) is 14.7. The number of hydrogen-bond acceptors (Lipinski definition) is 4. The predicted molar refractivity (Wildman–Crippen MR) is 67.8 cm³/mol. The molecule has 1 heterocycles. The largest absolute Gasteiger partial charge is 0.365 e. The van der Waals surface area contributed by atoms with Crippen molar-refractivity contribution in [2.45, 2.75) is 12.5 Å². The predicted octanol–water partition coefficient (Wildman–Crippen LogP) is 2.05. The summed E-state index contributed by atoms with van der Waals surface area (Å²) in [6, 6.07) is 4.94. The van der Waals surface area contributed by atoms with Crippen molar-refractivity contribution in [2.75, 3.05) is 25.0 Å². The molecule has 1 fully saturated rings. The number of hydrogen-bond donors (Lipinski definition) is 1. The first-order valence-electron chi connectivity index (χ1n) is 5.47. The average Bonchev–Trinajstić information content (AvgIpc) is 2.80. The third kappa shape index (κ3) is 2.50. The van der Waals surface area contributed by atoms with E-state index in [4.69, 9.17) is 11.6 Å². The summed E-state index contributed by atoms with van der Waals surface area (Å²) >= 11 is 5.91. The highest BCUT2D eigenvalue weighted by atomic mass is 35.5. The highest BCUT2D eigenvalue weighted by molar-refractivity contribution is 6.31. The van der Waals surface area contributed by atoms with E-state index >= 15 is 0 Å². The maximum absolute atomic E-state index is 11.0. The van der Waals surface area contributed by atoms with Crippen molar-refractivity contribution >= 4 is 23.0 Å². The summed E-state index contributed by atoms with van der Waals surface area (Å²) in [5.74, 6) is 0. The third-order valence-corrected chi connectivity index (χ3v) is 3.33. The first-order valence-corrected chi connectivity index (χ1v) is 5.85. The number of anilines is 1. The molecule has 92 valence electrons. The number of likely N-dealkylation sites (N-methyl/N-ethyl adjacent to an activating group) is 1. The van der Waals surface area contributed by atoms with Gasteiger partial charge in [-0.2, -0.15) is 0 Å². The van der Waals surface area contributed by atoms with E-state index in [0.29, 0.717) is 10.7 Å². The van der Waals surface area contributed by atoms with Gasteiger partial charge in [0.15, 0.2) is 0 Å². The molecule has 1 aromatic carbocycles. The lowest BCUT2D eigenvalue weighted by molar-refractivity contribution is -0.384. The van der Waals surface area contributed by atoms with Crippen molar-refractivity contribution in [1.82, 2.24) is 5.32 Å². The van der Waals surface area contributed by atoms with Gasteiger partial charge in [0.05, 0.1) is 4.92 Å². The molecule has 0 amide bonds. The van der Waals surface area contributed by atoms with Crippen LogP contribution >= 0.6 is 11.6 Å². The Morgan fingerprint density at radius 1 is 1.59 bits per heavy atom. The van der Waals surface area contributed by atoms with Crippen LogP contribution in [-0.2, 0) is 0 Å². The van der Waals surface area contributed by atoms with Crippen LogP contribution in [0.1, 0.15) is 6.42 Å². The first-order chi connectivity index (χ1) is 8.09. The van der Waals surface area contributed by atoms with Gasteiger partial charge >= 0.3 is 0 Å². The van der Waals surface area contributed by atoms with Gasteiger partial charge in [-0.15, -0.1) is 0 Å². The lowest BCUT2D eigenvalue weighted by atomic mass is 10.2. The lowest BCUT2D eigenvalue weighted by Gasteiger charge is -2.25. The fourth-order valence-electron chi connectivity index (χ4n) is 2.10. The Balaban J connectivity index is 2.34. The molecule has 1 N–H and O–H groups in total. The molecule has 0 radical (unpaired) electrons. The van der Waals surface area contributed by atoms with Crippen LogP contribution in [0.3, 0.4) is 0 Å². The van der Waals surface area contributed by atoms with E-state index in [2.05, 4.69) is 5.32 Å². The molecule has 2 rings (SSSR count). The molecular formula is C11H14ClN3O2. The Kier molecular flexibility index (Phi) is 3.49. The molecule has 5 nitrogen and oxygen atoms in total. The lowest BCUT2D eigenvalue weighted by Crippen LogP contribution is -2.33. The molecule has 17 heavy (non-hydrogen) atoms. The van der Waals surface area contributed by atoms with Crippen molar-refractivity contribution in [3.63, 3.8) is 0 Å². The smallest absolute Gasteiger partial charge is 0.292 e. The Bertz CT molecular complexity index is 433. The minimum absolute atomic E-state index is 0.101. The van der Waals surface area contributed by atoms with Crippen LogP contribution in [0, 0.1) is 10.1 Å². The fourth-order valence-corrected chi connectivity index (χ4v) is 2.27. The fraction of sp³-hybridized carbons (Fsp3) is 0.455. The topological polar surface area (TPSA) is 58.4 Å². The molecule has 1 saturated heterocycles. The quantitative estimate of drug-likeness (QED) is 0.663. The number of halogens is 1. The minimum atomic E-state index is -0.370. The van der Waals surface area contributed by atoms with E-state index < -0.39 is 0 Å². The molecule has 1 aliphatic rings. The molecule has 1 atom stereocenters. The van der Waals surface area contributed by atoms with E-state index in [0.717, 1.165) is 19.5 Å². The van der Waals surface area contributed by atoms with Crippen LogP contribution in [0.2, 0.25) is 5.02 Å². The van der Waals surface area contributed by atoms with Gasteiger partial charge in [-0.05, 0) is 25.1 Å². The van der Waals surface area contributed by atoms with E-state index in [1.165, 1.54) is 6.07 Å². The molecular weight excluding hydrogens is 242 g/mol. The zero-order valence-electron chi connectivity index (χ0n) is 9.52. The number of nitrogens with one attached hydrogen (secondary N) is 1. The molecule has 1 aromatic rings. The molecule has 1 unspecified atom stereocenters. The van der Waals surface area contributed by atoms with Crippen LogP contribution in [-0.4, -0.2) is 31.1 Å². The van der Waals surface area contributed by atoms with Crippen LogP contribution in [0.5, 0.6) is 0 Å². The minimum Gasteiger partial charge on any atom is -0.365 e.